The lowest BCUT2D eigenvalue weighted by Crippen LogP contribution is -2.26. The maximum Gasteiger partial charge on any atom is 0.0471 e. The Labute approximate surface area is 122 Å². The fourth-order valence-electron chi connectivity index (χ4n) is 2.72. The molecule has 2 rings (SSSR count). The van der Waals surface area contributed by atoms with Crippen molar-refractivity contribution >= 4 is 17.3 Å². The zero-order valence-corrected chi connectivity index (χ0v) is 12.7. The second-order valence-electron chi connectivity index (χ2n) is 5.32. The average Bonchev–Trinajstić information content (AvgIpc) is 2.69. The highest BCUT2D eigenvalue weighted by atomic mass is 35.5. The van der Waals surface area contributed by atoms with Crippen molar-refractivity contribution in [2.24, 2.45) is 0 Å². The molecule has 1 saturated heterocycles. The highest BCUT2D eigenvalue weighted by Gasteiger charge is 2.15. The van der Waals surface area contributed by atoms with Gasteiger partial charge in [0.25, 0.3) is 0 Å². The summed E-state index contributed by atoms with van der Waals surface area (Å²) in [5.41, 5.74) is 2.59. The van der Waals surface area contributed by atoms with Crippen molar-refractivity contribution in [2.45, 2.75) is 45.6 Å². The van der Waals surface area contributed by atoms with E-state index in [9.17, 15) is 0 Å². The number of nitrogens with one attached hydrogen (secondary N) is 1. The Hall–Kier alpha value is -0.730. The quantitative estimate of drug-likeness (QED) is 0.813. The predicted octanol–water partition coefficient (Wildman–Crippen LogP) is 4.22. The van der Waals surface area contributed by atoms with Gasteiger partial charge in [-0.3, -0.25) is 0 Å². The maximum atomic E-state index is 6.40. The van der Waals surface area contributed by atoms with Crippen LogP contribution in [0.1, 0.15) is 44.6 Å². The molecule has 0 saturated carbocycles. The zero-order valence-electron chi connectivity index (χ0n) is 11.9. The molecule has 1 heterocycles. The Kier molecular flexibility index (Phi) is 5.99. The molecule has 1 aromatic carbocycles. The summed E-state index contributed by atoms with van der Waals surface area (Å²) in [6, 6.07) is 6.30. The lowest BCUT2D eigenvalue weighted by Gasteiger charge is -2.26. The molecule has 3 heteroatoms. The molecule has 1 aromatic rings. The molecule has 0 aromatic heterocycles. The first-order valence-electron chi connectivity index (χ1n) is 7.56. The number of rotatable bonds is 5. The molecule has 0 spiro atoms. The summed E-state index contributed by atoms with van der Waals surface area (Å²) in [6.07, 6.45) is 6.48. The minimum atomic E-state index is 0.874. The van der Waals surface area contributed by atoms with Crippen LogP contribution in [0.4, 0.5) is 5.69 Å². The number of nitrogens with zero attached hydrogens (tertiary/aromatic N) is 1. The molecule has 106 valence electrons. The van der Waals surface area contributed by atoms with Gasteiger partial charge in [-0.25, -0.2) is 0 Å². The van der Waals surface area contributed by atoms with Crippen LogP contribution in [0.25, 0.3) is 0 Å². The molecule has 0 aliphatic carbocycles. The van der Waals surface area contributed by atoms with Crippen molar-refractivity contribution in [1.82, 2.24) is 5.32 Å². The van der Waals surface area contributed by atoms with Gasteiger partial charge in [-0.1, -0.05) is 37.4 Å². The third-order valence-corrected chi connectivity index (χ3v) is 4.12. The van der Waals surface area contributed by atoms with Crippen molar-refractivity contribution in [3.63, 3.8) is 0 Å². The lowest BCUT2D eigenvalue weighted by atomic mass is 10.1. The fourth-order valence-corrected chi connectivity index (χ4v) is 2.96. The van der Waals surface area contributed by atoms with Crippen LogP contribution in [0.5, 0.6) is 0 Å². The zero-order chi connectivity index (χ0) is 13.5. The number of hydrogen-bond donors (Lipinski definition) is 1. The van der Waals surface area contributed by atoms with E-state index >= 15 is 0 Å². The van der Waals surface area contributed by atoms with Crippen molar-refractivity contribution in [2.75, 3.05) is 24.5 Å². The molecule has 0 unspecified atom stereocenters. The lowest BCUT2D eigenvalue weighted by molar-refractivity contribution is 0.671. The second kappa shape index (κ2) is 7.76. The third-order valence-electron chi connectivity index (χ3n) is 3.77. The Bertz CT molecular complexity index is 384. The molecule has 1 N–H and O–H groups in total. The van der Waals surface area contributed by atoms with Crippen LogP contribution in [0, 0.1) is 0 Å². The van der Waals surface area contributed by atoms with Crippen LogP contribution < -0.4 is 10.2 Å². The monoisotopic (exact) mass is 280 g/mol. The van der Waals surface area contributed by atoms with Gasteiger partial charge < -0.3 is 10.2 Å². The van der Waals surface area contributed by atoms with Gasteiger partial charge in [0.15, 0.2) is 0 Å². The van der Waals surface area contributed by atoms with E-state index in [2.05, 4.69) is 29.3 Å². The maximum absolute atomic E-state index is 6.40. The third kappa shape index (κ3) is 4.12. The Balaban J connectivity index is 2.15. The van der Waals surface area contributed by atoms with E-state index in [4.69, 9.17) is 11.6 Å². The Morgan fingerprint density at radius 1 is 1.16 bits per heavy atom. The van der Waals surface area contributed by atoms with Crippen LogP contribution in [0.15, 0.2) is 18.2 Å². The minimum absolute atomic E-state index is 0.874. The summed E-state index contributed by atoms with van der Waals surface area (Å²) < 4.78 is 0. The molecular formula is C16H25ClN2. The molecule has 19 heavy (non-hydrogen) atoms. The summed E-state index contributed by atoms with van der Waals surface area (Å²) in [4.78, 5) is 2.52. The average molecular weight is 281 g/mol. The SMILES string of the molecule is CCCNCc1c(Cl)cccc1N1CCCCCC1. The van der Waals surface area contributed by atoms with Gasteiger partial charge in [0, 0.05) is 35.9 Å². The molecule has 0 atom stereocenters. The van der Waals surface area contributed by atoms with Crippen molar-refractivity contribution in [1.29, 1.82) is 0 Å². The highest BCUT2D eigenvalue weighted by molar-refractivity contribution is 6.31. The number of hydrogen-bond acceptors (Lipinski definition) is 2. The van der Waals surface area contributed by atoms with Crippen molar-refractivity contribution < 1.29 is 0 Å². The van der Waals surface area contributed by atoms with Crippen LogP contribution >= 0.6 is 11.6 Å². The minimum Gasteiger partial charge on any atom is -0.371 e. The van der Waals surface area contributed by atoms with Crippen LogP contribution in [-0.4, -0.2) is 19.6 Å². The summed E-state index contributed by atoms with van der Waals surface area (Å²) in [6.45, 7) is 6.45. The number of halogens is 1. The molecule has 0 bridgehead atoms. The van der Waals surface area contributed by atoms with E-state index in [-0.39, 0.29) is 0 Å². The van der Waals surface area contributed by atoms with Crippen LogP contribution in [-0.2, 0) is 6.54 Å². The van der Waals surface area contributed by atoms with Gasteiger partial charge >= 0.3 is 0 Å². The molecule has 0 radical (unpaired) electrons. The first kappa shape index (κ1) is 14.7. The summed E-state index contributed by atoms with van der Waals surface area (Å²) in [5.74, 6) is 0. The van der Waals surface area contributed by atoms with E-state index < -0.39 is 0 Å². The largest absolute Gasteiger partial charge is 0.371 e. The van der Waals surface area contributed by atoms with Gasteiger partial charge in [-0.05, 0) is 37.9 Å². The highest BCUT2D eigenvalue weighted by Crippen LogP contribution is 2.29. The smallest absolute Gasteiger partial charge is 0.0471 e. The van der Waals surface area contributed by atoms with Crippen molar-refractivity contribution in [3.05, 3.63) is 28.8 Å². The first-order chi connectivity index (χ1) is 9.33. The van der Waals surface area contributed by atoms with Gasteiger partial charge in [0.1, 0.15) is 0 Å². The summed E-state index contributed by atoms with van der Waals surface area (Å²) in [7, 11) is 0. The van der Waals surface area contributed by atoms with Gasteiger partial charge in [0.05, 0.1) is 0 Å². The fraction of sp³-hybridized carbons (Fsp3) is 0.625. The standard InChI is InChI=1S/C16H25ClN2/c1-2-10-18-13-14-15(17)8-7-9-16(14)19-11-5-3-4-6-12-19/h7-9,18H,2-6,10-13H2,1H3. The van der Waals surface area contributed by atoms with E-state index in [1.54, 1.807) is 0 Å². The molecule has 1 fully saturated rings. The summed E-state index contributed by atoms with van der Waals surface area (Å²) in [5, 5.41) is 4.37. The van der Waals surface area contributed by atoms with E-state index in [0.29, 0.717) is 0 Å². The normalized spacial score (nSPS) is 16.4. The Morgan fingerprint density at radius 2 is 1.89 bits per heavy atom. The molecule has 1 aliphatic rings. The Morgan fingerprint density at radius 3 is 2.58 bits per heavy atom. The van der Waals surface area contributed by atoms with Gasteiger partial charge in [-0.15, -0.1) is 0 Å². The van der Waals surface area contributed by atoms with Crippen molar-refractivity contribution in [3.8, 4) is 0 Å². The van der Waals surface area contributed by atoms with E-state index in [1.165, 1.54) is 50.0 Å². The molecule has 2 nitrogen and oxygen atoms in total. The molecular weight excluding hydrogens is 256 g/mol. The summed E-state index contributed by atoms with van der Waals surface area (Å²) >= 11 is 6.40. The molecule has 0 amide bonds. The first-order valence-corrected chi connectivity index (χ1v) is 7.93. The second-order valence-corrected chi connectivity index (χ2v) is 5.72. The molecule has 1 aliphatic heterocycles. The van der Waals surface area contributed by atoms with Crippen LogP contribution in [0.3, 0.4) is 0 Å². The predicted molar refractivity (Wildman–Crippen MR) is 84.1 cm³/mol. The number of anilines is 1. The van der Waals surface area contributed by atoms with Gasteiger partial charge in [-0.2, -0.15) is 0 Å². The van der Waals surface area contributed by atoms with E-state index in [1.807, 2.05) is 6.07 Å². The number of benzene rings is 1. The van der Waals surface area contributed by atoms with Gasteiger partial charge in [0.2, 0.25) is 0 Å². The van der Waals surface area contributed by atoms with E-state index in [0.717, 1.165) is 24.5 Å². The topological polar surface area (TPSA) is 15.3 Å². The van der Waals surface area contributed by atoms with Crippen LogP contribution in [0.2, 0.25) is 5.02 Å².